The minimum atomic E-state index is -1.23. The van der Waals surface area contributed by atoms with E-state index in [1.807, 2.05) is 66.7 Å². The third kappa shape index (κ3) is 6.86. The second-order valence-electron chi connectivity index (χ2n) is 11.0. The van der Waals surface area contributed by atoms with Gasteiger partial charge in [-0.25, -0.2) is 15.0 Å². The Morgan fingerprint density at radius 2 is 1.58 bits per heavy atom. The average Bonchev–Trinajstić information content (AvgIpc) is 3.62. The molecule has 5 aromatic rings. The molecule has 0 bridgehead atoms. The summed E-state index contributed by atoms with van der Waals surface area (Å²) in [7, 11) is 1.50. The van der Waals surface area contributed by atoms with Crippen molar-refractivity contribution in [2.75, 3.05) is 25.6 Å². The summed E-state index contributed by atoms with van der Waals surface area (Å²) >= 11 is 0. The first kappa shape index (κ1) is 30.4. The zero-order chi connectivity index (χ0) is 31.2. The van der Waals surface area contributed by atoms with Crippen molar-refractivity contribution in [1.82, 2.24) is 24.8 Å². The van der Waals surface area contributed by atoms with Gasteiger partial charge in [0.05, 0.1) is 25.9 Å². The maximum Gasteiger partial charge on any atom is 0.224 e. The van der Waals surface area contributed by atoms with E-state index in [9.17, 15) is 15.0 Å². The molecule has 1 aliphatic rings. The van der Waals surface area contributed by atoms with Crippen LogP contribution in [0, 0.1) is 0 Å². The highest BCUT2D eigenvalue weighted by atomic mass is 16.6. The first-order chi connectivity index (χ1) is 22.0. The van der Waals surface area contributed by atoms with Gasteiger partial charge in [-0.05, 0) is 16.7 Å². The fourth-order valence-corrected chi connectivity index (χ4v) is 5.63. The molecule has 0 unspecified atom stereocenters. The molecule has 0 spiro atoms. The van der Waals surface area contributed by atoms with Gasteiger partial charge in [0.25, 0.3) is 0 Å². The molecule has 1 amide bonds. The molecule has 45 heavy (non-hydrogen) atoms. The van der Waals surface area contributed by atoms with Crippen molar-refractivity contribution in [2.45, 2.75) is 43.4 Å². The van der Waals surface area contributed by atoms with Crippen LogP contribution in [0.2, 0.25) is 0 Å². The molecule has 0 saturated carbocycles. The number of imidazole rings is 1. The largest absolute Gasteiger partial charge is 0.387 e. The van der Waals surface area contributed by atoms with Crippen LogP contribution in [-0.4, -0.2) is 74.2 Å². The number of rotatable bonds is 12. The van der Waals surface area contributed by atoms with Crippen LogP contribution in [0.1, 0.15) is 34.7 Å². The highest BCUT2D eigenvalue weighted by molar-refractivity contribution is 5.83. The normalized spacial score (nSPS) is 19.6. The molecule has 0 aliphatic carbocycles. The highest BCUT2D eigenvalue weighted by Crippen LogP contribution is 2.33. The number of benzene rings is 3. The molecule has 1 saturated heterocycles. The van der Waals surface area contributed by atoms with Crippen LogP contribution in [-0.2, 0) is 27.2 Å². The summed E-state index contributed by atoms with van der Waals surface area (Å²) < 4.78 is 12.7. The van der Waals surface area contributed by atoms with Gasteiger partial charge in [-0.2, -0.15) is 0 Å². The van der Waals surface area contributed by atoms with Crippen molar-refractivity contribution in [1.29, 1.82) is 0 Å². The van der Waals surface area contributed by atoms with Crippen molar-refractivity contribution >= 4 is 22.9 Å². The van der Waals surface area contributed by atoms with Crippen LogP contribution < -0.4 is 10.6 Å². The first-order valence-electron chi connectivity index (χ1n) is 14.9. The van der Waals surface area contributed by atoms with E-state index in [4.69, 9.17) is 19.4 Å². The molecule has 3 aromatic carbocycles. The standard InChI is InChI=1S/C34H36N6O5/c1-44-20-26-30(42)31(43)34(45-26)40-21-37-29-32(36-18-25(23-13-7-3-8-14-23)24-15-9-4-10-16-24)38-27(39-33(29)40)19-35-28(41)17-22-11-5-2-6-12-22/h2-16,21,25-26,30-31,34,42-43H,17-20H2,1H3,(H,35,41)(H,36,38,39)/t26-,30-,31-,34-/m1/s1. The number of hydrogen-bond donors (Lipinski definition) is 4. The first-order valence-corrected chi connectivity index (χ1v) is 14.9. The third-order valence-electron chi connectivity index (χ3n) is 7.94. The Morgan fingerprint density at radius 3 is 2.22 bits per heavy atom. The number of ether oxygens (including phenoxy) is 2. The van der Waals surface area contributed by atoms with Crippen LogP contribution in [0.4, 0.5) is 5.82 Å². The molecule has 11 heteroatoms. The lowest BCUT2D eigenvalue weighted by Gasteiger charge is -2.20. The van der Waals surface area contributed by atoms with Gasteiger partial charge >= 0.3 is 0 Å². The van der Waals surface area contributed by atoms with Gasteiger partial charge in [-0.3, -0.25) is 9.36 Å². The Labute approximate surface area is 260 Å². The summed E-state index contributed by atoms with van der Waals surface area (Å²) in [6.07, 6.45) is -2.31. The third-order valence-corrected chi connectivity index (χ3v) is 7.94. The Hall–Kier alpha value is -4.68. The van der Waals surface area contributed by atoms with Crippen molar-refractivity contribution in [3.8, 4) is 0 Å². The number of anilines is 1. The molecule has 6 rings (SSSR count). The van der Waals surface area contributed by atoms with Gasteiger partial charge in [-0.15, -0.1) is 0 Å². The van der Waals surface area contributed by atoms with Crippen LogP contribution in [0.15, 0.2) is 97.3 Å². The molecule has 2 aromatic heterocycles. The maximum absolute atomic E-state index is 12.8. The van der Waals surface area contributed by atoms with E-state index in [0.717, 1.165) is 16.7 Å². The Morgan fingerprint density at radius 1 is 0.933 bits per heavy atom. The van der Waals surface area contributed by atoms with Gasteiger partial charge in [0, 0.05) is 19.6 Å². The second-order valence-corrected chi connectivity index (χ2v) is 11.0. The summed E-state index contributed by atoms with van der Waals surface area (Å²) in [5.41, 5.74) is 4.04. The number of carbonyl (C=O) groups excluding carboxylic acids is 1. The zero-order valence-corrected chi connectivity index (χ0v) is 24.9. The molecule has 0 radical (unpaired) electrons. The molecule has 232 valence electrons. The Kier molecular flexibility index (Phi) is 9.41. The van der Waals surface area contributed by atoms with Gasteiger partial charge in [-0.1, -0.05) is 91.0 Å². The van der Waals surface area contributed by atoms with Gasteiger partial charge in [0.1, 0.15) is 18.3 Å². The van der Waals surface area contributed by atoms with Crippen LogP contribution in [0.5, 0.6) is 0 Å². The summed E-state index contributed by atoms with van der Waals surface area (Å²) in [5.74, 6) is 0.676. The number of fused-ring (bicyclic) bond motifs is 1. The lowest BCUT2D eigenvalue weighted by molar-refractivity contribution is -0.120. The molecule has 4 atom stereocenters. The summed E-state index contributed by atoms with van der Waals surface area (Å²) in [6.45, 7) is 0.692. The minimum absolute atomic E-state index is 0.0125. The molecular formula is C34H36N6O5. The van der Waals surface area contributed by atoms with E-state index in [2.05, 4.69) is 39.9 Å². The number of hydrogen-bond acceptors (Lipinski definition) is 9. The Balaban J connectivity index is 1.31. The minimum Gasteiger partial charge on any atom is -0.387 e. The number of nitrogens with one attached hydrogen (secondary N) is 2. The van der Waals surface area contributed by atoms with Crippen LogP contribution in [0.25, 0.3) is 11.2 Å². The van der Waals surface area contributed by atoms with Crippen LogP contribution >= 0.6 is 0 Å². The molecule has 1 fully saturated rings. The maximum atomic E-state index is 12.8. The Bertz CT molecular complexity index is 1660. The number of nitrogens with zero attached hydrogens (tertiary/aromatic N) is 4. The van der Waals surface area contributed by atoms with E-state index in [1.165, 1.54) is 13.4 Å². The highest BCUT2D eigenvalue weighted by Gasteiger charge is 2.44. The molecular weight excluding hydrogens is 572 g/mol. The quantitative estimate of drug-likeness (QED) is 0.168. The smallest absolute Gasteiger partial charge is 0.224 e. The van der Waals surface area contributed by atoms with E-state index < -0.39 is 24.5 Å². The van der Waals surface area contributed by atoms with Gasteiger partial charge in [0.15, 0.2) is 29.0 Å². The topological polar surface area (TPSA) is 144 Å². The van der Waals surface area contributed by atoms with E-state index in [-0.39, 0.29) is 31.4 Å². The summed E-state index contributed by atoms with van der Waals surface area (Å²) in [6, 6.07) is 29.9. The van der Waals surface area contributed by atoms with E-state index in [1.54, 1.807) is 4.57 Å². The summed E-state index contributed by atoms with van der Waals surface area (Å²) in [4.78, 5) is 26.9. The fraction of sp³-hybridized carbons (Fsp3) is 0.294. The van der Waals surface area contributed by atoms with Gasteiger partial charge < -0.3 is 30.3 Å². The molecule has 1 aliphatic heterocycles. The van der Waals surface area contributed by atoms with E-state index in [0.29, 0.717) is 29.4 Å². The monoisotopic (exact) mass is 608 g/mol. The summed E-state index contributed by atoms with van der Waals surface area (Å²) in [5, 5.41) is 27.9. The van der Waals surface area contributed by atoms with Crippen molar-refractivity contribution < 1.29 is 24.5 Å². The van der Waals surface area contributed by atoms with Gasteiger partial charge in [0.2, 0.25) is 5.91 Å². The lowest BCUT2D eigenvalue weighted by atomic mass is 9.91. The molecule has 4 N–H and O–H groups in total. The number of methoxy groups -OCH3 is 1. The predicted molar refractivity (Wildman–Crippen MR) is 168 cm³/mol. The molecule has 3 heterocycles. The van der Waals surface area contributed by atoms with E-state index >= 15 is 0 Å². The number of amides is 1. The van der Waals surface area contributed by atoms with Crippen molar-refractivity contribution in [3.63, 3.8) is 0 Å². The lowest BCUT2D eigenvalue weighted by Crippen LogP contribution is -2.33. The molecule has 11 nitrogen and oxygen atoms in total. The SMILES string of the molecule is COC[C@H]1O[C@@H](n2cnc3c(NCC(c4ccccc4)c4ccccc4)nc(CNC(=O)Cc4ccccc4)nc32)[C@H](O)[C@@H]1O. The predicted octanol–water partition coefficient (Wildman–Crippen LogP) is 3.19. The fourth-order valence-electron chi connectivity index (χ4n) is 5.63. The van der Waals surface area contributed by atoms with Crippen molar-refractivity contribution in [3.05, 3.63) is 120 Å². The number of aromatic nitrogens is 4. The number of aliphatic hydroxyl groups excluding tert-OH is 2. The second kappa shape index (κ2) is 14.0. The number of carbonyl (C=O) groups is 1. The van der Waals surface area contributed by atoms with Crippen molar-refractivity contribution in [2.24, 2.45) is 0 Å². The zero-order valence-electron chi connectivity index (χ0n) is 24.9. The van der Waals surface area contributed by atoms with Crippen LogP contribution in [0.3, 0.4) is 0 Å². The number of aliphatic hydroxyl groups is 2. The average molecular weight is 609 g/mol.